The summed E-state index contributed by atoms with van der Waals surface area (Å²) in [5.74, 6) is 0. The molecule has 6 aromatic carbocycles. The topological polar surface area (TPSA) is 0 Å². The Bertz CT molecular complexity index is 2770. The normalized spacial score (nSPS) is 16.8. The van der Waals surface area contributed by atoms with Gasteiger partial charge in [0.2, 0.25) is 0 Å². The molecule has 0 heterocycles. The van der Waals surface area contributed by atoms with Gasteiger partial charge in [-0.1, -0.05) is 0 Å². The first-order valence-corrected chi connectivity index (χ1v) is 23.2. The molecule has 3 aliphatic rings. The van der Waals surface area contributed by atoms with Crippen LogP contribution in [0, 0.1) is 5.41 Å². The fraction of sp³-hybridized carbons (Fsp3) is 0.175. The second kappa shape index (κ2) is 17.4. The van der Waals surface area contributed by atoms with Crippen molar-refractivity contribution in [2.45, 2.75) is 58.8 Å². The minimum atomic E-state index is -1.59. The monoisotopic (exact) mass is 895 g/mol. The molecule has 297 valence electrons. The summed E-state index contributed by atoms with van der Waals surface area (Å²) < 4.78 is 3.09. The first-order chi connectivity index (χ1) is 28.1. The van der Waals surface area contributed by atoms with E-state index >= 15 is 0 Å². The molecule has 3 heteroatoms. The summed E-state index contributed by atoms with van der Waals surface area (Å²) in [6.45, 7) is 14.5. The Kier molecular flexibility index (Phi) is 12.6. The van der Waals surface area contributed by atoms with Crippen molar-refractivity contribution in [2.24, 2.45) is 5.41 Å². The Hall–Kier alpha value is -4.65. The Balaban J connectivity index is 0.00000272. The zero-order chi connectivity index (χ0) is 40.1. The maximum absolute atomic E-state index is 2.65. The average molecular weight is 898 g/mol. The zero-order valence-electron chi connectivity index (χ0n) is 35.4. The number of allylic oxidation sites excluding steroid dienone is 8. The Morgan fingerprint density at radius 2 is 1.12 bits per heavy atom. The summed E-state index contributed by atoms with van der Waals surface area (Å²) in [6, 6.07) is 61.5. The van der Waals surface area contributed by atoms with Gasteiger partial charge in [-0.3, -0.25) is 0 Å². The summed E-state index contributed by atoms with van der Waals surface area (Å²) in [5.41, 5.74) is 15.7. The molecule has 60 heavy (non-hydrogen) atoms. The van der Waals surface area contributed by atoms with Crippen LogP contribution in [0.2, 0.25) is 0 Å². The van der Waals surface area contributed by atoms with Gasteiger partial charge in [-0.05, 0) is 0 Å². The second-order valence-corrected chi connectivity index (χ2v) is 21.0. The van der Waals surface area contributed by atoms with Crippen molar-refractivity contribution in [1.29, 1.82) is 0 Å². The second-order valence-electron chi connectivity index (χ2n) is 17.9. The quantitative estimate of drug-likeness (QED) is 0.171. The van der Waals surface area contributed by atoms with E-state index in [4.69, 9.17) is 0 Å². The van der Waals surface area contributed by atoms with Gasteiger partial charge in [-0.2, -0.15) is 0 Å². The van der Waals surface area contributed by atoms with Crippen molar-refractivity contribution in [3.8, 4) is 11.1 Å². The molecule has 0 radical (unpaired) electrons. The van der Waals surface area contributed by atoms with E-state index in [1.165, 1.54) is 80.5 Å². The minimum absolute atomic E-state index is 0. The first kappa shape index (κ1) is 43.4. The maximum Gasteiger partial charge on any atom is -1.00 e. The predicted octanol–water partition coefficient (Wildman–Crippen LogP) is 6.55. The molecule has 0 N–H and O–H groups in total. The molecular weight excluding hydrogens is 847 g/mol. The fourth-order valence-electron chi connectivity index (χ4n) is 9.71. The van der Waals surface area contributed by atoms with Crippen molar-refractivity contribution >= 4 is 17.6 Å². The van der Waals surface area contributed by atoms with Crippen LogP contribution in [0.1, 0.15) is 75.8 Å². The van der Waals surface area contributed by atoms with Gasteiger partial charge in [0.15, 0.2) is 0 Å². The molecule has 0 spiro atoms. The van der Waals surface area contributed by atoms with E-state index in [2.05, 4.69) is 230 Å². The molecule has 1 unspecified atom stereocenters. The summed E-state index contributed by atoms with van der Waals surface area (Å²) in [4.78, 5) is 0. The molecule has 0 saturated carbocycles. The molecule has 0 bridgehead atoms. The number of halogens is 2. The van der Waals surface area contributed by atoms with Crippen molar-refractivity contribution in [1.82, 2.24) is 0 Å². The number of hydrogen-bond donors (Lipinski definition) is 0. The Morgan fingerprint density at radius 3 is 1.62 bits per heavy atom. The third kappa shape index (κ3) is 7.53. The van der Waals surface area contributed by atoms with Gasteiger partial charge in [-0.15, -0.1) is 0 Å². The van der Waals surface area contributed by atoms with E-state index in [-0.39, 0.29) is 35.6 Å². The standard InChI is InChI=1S/C44H41.C13H10.2ClH.Zr/c1-42(2,3)35-26-33-27-38-37(40(33)36(28-35)30-18-10-7-11-19-30)29-39(31-20-12-8-13-21-31)44(43(4,5)6,34-24-14-9-15-25-34)41(38)32-22-16-17-23-32;1-3-7-12(8-4-1)11-13-9-5-2-6-10-13;;;/h7-22,24-26,28-29H,23H2,1-6H3;1-10H;2*1H;/q;;;;+2/p-2. The van der Waals surface area contributed by atoms with E-state index in [9.17, 15) is 0 Å². The Morgan fingerprint density at radius 1 is 0.600 bits per heavy atom. The van der Waals surface area contributed by atoms with E-state index in [0.717, 1.165) is 6.42 Å². The predicted molar refractivity (Wildman–Crippen MR) is 244 cm³/mol. The zero-order valence-corrected chi connectivity index (χ0v) is 39.3. The molecule has 1 atom stereocenters. The summed E-state index contributed by atoms with van der Waals surface area (Å²) in [5, 5.41) is 2.82. The van der Waals surface area contributed by atoms with Crippen molar-refractivity contribution in [3.05, 3.63) is 243 Å². The number of hydrogen-bond acceptors (Lipinski definition) is 0. The van der Waals surface area contributed by atoms with E-state index in [1.807, 2.05) is 0 Å². The maximum atomic E-state index is 2.65. The molecular formula is C57H51Cl2Zr. The van der Waals surface area contributed by atoms with Gasteiger partial charge in [0, 0.05) is 0 Å². The van der Waals surface area contributed by atoms with Gasteiger partial charge in [0.1, 0.15) is 0 Å². The molecule has 0 aromatic heterocycles. The van der Waals surface area contributed by atoms with Crippen LogP contribution in [0.5, 0.6) is 0 Å². The molecule has 3 aliphatic carbocycles. The van der Waals surface area contributed by atoms with Crippen LogP contribution in [0.3, 0.4) is 0 Å². The molecule has 0 nitrogen and oxygen atoms in total. The SMILES string of the molecule is CC(C)(C)c1cc(-c2ccccc2)c2c(c1)=[C]([Zr+2]=[C](c1ccccc1)c1ccccc1)C1=C(C3=CC=CC3)C(c3ccccc3)(C(C)(C)C)C(c3ccccc3)=CC=21.[Cl-].[Cl-]. The third-order valence-corrected chi connectivity index (χ3v) is 16.3. The van der Waals surface area contributed by atoms with Crippen molar-refractivity contribution in [2.75, 3.05) is 0 Å². The van der Waals surface area contributed by atoms with Gasteiger partial charge in [-0.25, -0.2) is 0 Å². The molecule has 0 aliphatic heterocycles. The van der Waals surface area contributed by atoms with Crippen LogP contribution >= 0.6 is 0 Å². The third-order valence-electron chi connectivity index (χ3n) is 12.3. The van der Waals surface area contributed by atoms with E-state index in [1.54, 1.807) is 3.28 Å². The van der Waals surface area contributed by atoms with Gasteiger partial charge in [0.05, 0.1) is 0 Å². The van der Waals surface area contributed by atoms with Gasteiger partial charge < -0.3 is 24.8 Å². The van der Waals surface area contributed by atoms with Gasteiger partial charge >= 0.3 is 359 Å². The largest absolute Gasteiger partial charge is 1.00 e. The number of benzene rings is 6. The van der Waals surface area contributed by atoms with E-state index < -0.39 is 28.2 Å². The van der Waals surface area contributed by atoms with Crippen LogP contribution in [-0.4, -0.2) is 3.21 Å². The van der Waals surface area contributed by atoms with Crippen LogP contribution < -0.4 is 35.3 Å². The van der Waals surface area contributed by atoms with Crippen LogP contribution in [0.15, 0.2) is 205 Å². The fourth-order valence-corrected chi connectivity index (χ4v) is 13.6. The summed E-state index contributed by atoms with van der Waals surface area (Å²) in [7, 11) is 0. The average Bonchev–Trinajstić information content (AvgIpc) is 3.89. The minimum Gasteiger partial charge on any atom is -1.00 e. The van der Waals surface area contributed by atoms with Crippen LogP contribution in [0.25, 0.3) is 25.6 Å². The summed E-state index contributed by atoms with van der Waals surface area (Å²) in [6.07, 6.45) is 10.7. The first-order valence-electron chi connectivity index (χ1n) is 20.8. The Labute approximate surface area is 380 Å². The smallest absolute Gasteiger partial charge is 1.00 e. The number of rotatable bonds is 7. The molecule has 6 aromatic rings. The van der Waals surface area contributed by atoms with Crippen molar-refractivity contribution < 1.29 is 47.6 Å². The summed E-state index contributed by atoms with van der Waals surface area (Å²) >= 11 is -1.59. The van der Waals surface area contributed by atoms with Gasteiger partial charge in [0.25, 0.3) is 0 Å². The molecule has 0 saturated heterocycles. The number of fused-ring (bicyclic) bond motifs is 2. The molecule has 9 rings (SSSR count). The molecule has 0 fully saturated rings. The van der Waals surface area contributed by atoms with E-state index in [0.29, 0.717) is 0 Å². The van der Waals surface area contributed by atoms with Crippen molar-refractivity contribution in [3.63, 3.8) is 0 Å². The molecule has 0 amide bonds. The van der Waals surface area contributed by atoms with Crippen LogP contribution in [-0.2, 0) is 33.6 Å². The van der Waals surface area contributed by atoms with Crippen LogP contribution in [0.4, 0.5) is 0 Å².